The Morgan fingerprint density at radius 2 is 1.95 bits per heavy atom. The molecular formula is C14H12FNO3. The van der Waals surface area contributed by atoms with Gasteiger partial charge in [0.15, 0.2) is 18.2 Å². The van der Waals surface area contributed by atoms with Crippen LogP contribution in [-0.4, -0.2) is 12.6 Å². The second-order valence-corrected chi connectivity index (χ2v) is 3.77. The molecule has 2 rings (SSSR count). The molecule has 4 nitrogen and oxygen atoms in total. The van der Waals surface area contributed by atoms with Gasteiger partial charge in [-0.25, -0.2) is 9.18 Å². The standard InChI is InChI=1S/C14H12FNO3/c15-12-6-1-2-7-13(12)19-14(17)9-18-11-5-3-4-10(16)8-11/h1-8H,9,16H2. The van der Waals surface area contributed by atoms with Gasteiger partial charge in [-0.2, -0.15) is 0 Å². The minimum Gasteiger partial charge on any atom is -0.482 e. The van der Waals surface area contributed by atoms with E-state index in [-0.39, 0.29) is 12.4 Å². The normalized spacial score (nSPS) is 9.95. The van der Waals surface area contributed by atoms with Gasteiger partial charge in [-0.15, -0.1) is 0 Å². The van der Waals surface area contributed by atoms with Crippen molar-refractivity contribution in [1.29, 1.82) is 0 Å². The summed E-state index contributed by atoms with van der Waals surface area (Å²) in [5.74, 6) is -0.957. The van der Waals surface area contributed by atoms with Gasteiger partial charge in [-0.1, -0.05) is 18.2 Å². The summed E-state index contributed by atoms with van der Waals surface area (Å²) in [6, 6.07) is 12.3. The minimum atomic E-state index is -0.687. The Balaban J connectivity index is 1.90. The Labute approximate surface area is 109 Å². The average Bonchev–Trinajstić information content (AvgIpc) is 2.39. The van der Waals surface area contributed by atoms with E-state index in [2.05, 4.69) is 0 Å². The predicted molar refractivity (Wildman–Crippen MR) is 68.4 cm³/mol. The molecule has 0 aliphatic heterocycles. The van der Waals surface area contributed by atoms with Crippen LogP contribution in [0.1, 0.15) is 0 Å². The third-order valence-electron chi connectivity index (χ3n) is 2.28. The van der Waals surface area contributed by atoms with E-state index in [0.717, 1.165) is 0 Å². The quantitative estimate of drug-likeness (QED) is 0.521. The Bertz CT molecular complexity index is 586. The molecule has 0 atom stereocenters. The van der Waals surface area contributed by atoms with Crippen molar-refractivity contribution in [2.24, 2.45) is 0 Å². The van der Waals surface area contributed by atoms with Crippen LogP contribution in [0.4, 0.5) is 10.1 Å². The van der Waals surface area contributed by atoms with Crippen LogP contribution in [-0.2, 0) is 4.79 Å². The number of halogens is 1. The maximum absolute atomic E-state index is 13.2. The minimum absolute atomic E-state index is 0.122. The van der Waals surface area contributed by atoms with Crippen molar-refractivity contribution in [2.75, 3.05) is 12.3 Å². The van der Waals surface area contributed by atoms with Gasteiger partial charge in [0.05, 0.1) is 0 Å². The molecule has 0 amide bonds. The number of hydrogen-bond donors (Lipinski definition) is 1. The first-order valence-corrected chi connectivity index (χ1v) is 5.59. The van der Waals surface area contributed by atoms with E-state index in [9.17, 15) is 9.18 Å². The number of nitrogens with two attached hydrogens (primary N) is 1. The van der Waals surface area contributed by atoms with Crippen LogP contribution >= 0.6 is 0 Å². The molecule has 0 heterocycles. The molecule has 0 aromatic heterocycles. The molecule has 0 saturated heterocycles. The molecule has 0 aliphatic carbocycles. The largest absolute Gasteiger partial charge is 0.482 e. The fourth-order valence-corrected chi connectivity index (χ4v) is 1.43. The molecule has 0 bridgehead atoms. The summed E-state index contributed by atoms with van der Waals surface area (Å²) in [7, 11) is 0. The van der Waals surface area contributed by atoms with Crippen molar-refractivity contribution < 1.29 is 18.7 Å². The van der Waals surface area contributed by atoms with Crippen molar-refractivity contribution in [2.45, 2.75) is 0 Å². The summed E-state index contributed by atoms with van der Waals surface area (Å²) in [5, 5.41) is 0. The zero-order valence-electron chi connectivity index (χ0n) is 10.0. The molecule has 2 aromatic carbocycles. The van der Waals surface area contributed by atoms with Crippen molar-refractivity contribution in [3.8, 4) is 11.5 Å². The van der Waals surface area contributed by atoms with Crippen LogP contribution in [0.15, 0.2) is 48.5 Å². The molecule has 0 unspecified atom stereocenters. The topological polar surface area (TPSA) is 61.5 Å². The van der Waals surface area contributed by atoms with Crippen molar-refractivity contribution in [3.05, 3.63) is 54.3 Å². The van der Waals surface area contributed by atoms with Crippen LogP contribution in [0.5, 0.6) is 11.5 Å². The fourth-order valence-electron chi connectivity index (χ4n) is 1.43. The van der Waals surface area contributed by atoms with Gasteiger partial charge >= 0.3 is 5.97 Å². The third-order valence-corrected chi connectivity index (χ3v) is 2.28. The molecule has 0 spiro atoms. The Hall–Kier alpha value is -2.56. The van der Waals surface area contributed by atoms with Gasteiger partial charge in [0.25, 0.3) is 0 Å². The lowest BCUT2D eigenvalue weighted by molar-refractivity contribution is -0.136. The molecule has 19 heavy (non-hydrogen) atoms. The highest BCUT2D eigenvalue weighted by Crippen LogP contribution is 2.17. The number of anilines is 1. The summed E-state index contributed by atoms with van der Waals surface area (Å²) in [6.07, 6.45) is 0. The summed E-state index contributed by atoms with van der Waals surface area (Å²) < 4.78 is 23.2. The zero-order valence-corrected chi connectivity index (χ0v) is 10.0. The van der Waals surface area contributed by atoms with E-state index in [0.29, 0.717) is 11.4 Å². The van der Waals surface area contributed by atoms with Gasteiger partial charge in [0.1, 0.15) is 5.75 Å². The van der Waals surface area contributed by atoms with E-state index in [4.69, 9.17) is 15.2 Å². The lowest BCUT2D eigenvalue weighted by Crippen LogP contribution is -2.18. The molecule has 0 fully saturated rings. The highest BCUT2D eigenvalue weighted by atomic mass is 19.1. The SMILES string of the molecule is Nc1cccc(OCC(=O)Oc2ccccc2F)c1. The van der Waals surface area contributed by atoms with E-state index in [1.165, 1.54) is 18.2 Å². The number of ether oxygens (including phenoxy) is 2. The van der Waals surface area contributed by atoms with Crippen molar-refractivity contribution in [3.63, 3.8) is 0 Å². The van der Waals surface area contributed by atoms with Crippen LogP contribution in [0.3, 0.4) is 0 Å². The number of carbonyl (C=O) groups excluding carboxylic acids is 1. The summed E-state index contributed by atoms with van der Waals surface area (Å²) in [6.45, 7) is -0.322. The highest BCUT2D eigenvalue weighted by molar-refractivity contribution is 5.74. The molecule has 0 radical (unpaired) electrons. The number of rotatable bonds is 4. The van der Waals surface area contributed by atoms with Gasteiger partial charge in [-0.05, 0) is 24.3 Å². The number of benzene rings is 2. The highest BCUT2D eigenvalue weighted by Gasteiger charge is 2.09. The van der Waals surface area contributed by atoms with Crippen LogP contribution in [0.2, 0.25) is 0 Å². The monoisotopic (exact) mass is 261 g/mol. The summed E-state index contributed by atoms with van der Waals surface area (Å²) in [5.41, 5.74) is 6.09. The van der Waals surface area contributed by atoms with Gasteiger partial charge < -0.3 is 15.2 Å². The molecule has 0 aliphatic rings. The second-order valence-electron chi connectivity index (χ2n) is 3.77. The number of nitrogen functional groups attached to an aromatic ring is 1. The Morgan fingerprint density at radius 3 is 2.68 bits per heavy atom. The van der Waals surface area contributed by atoms with Crippen molar-refractivity contribution in [1.82, 2.24) is 0 Å². The lowest BCUT2D eigenvalue weighted by atomic mass is 10.3. The third kappa shape index (κ3) is 3.70. The van der Waals surface area contributed by atoms with Gasteiger partial charge in [-0.3, -0.25) is 0 Å². The van der Waals surface area contributed by atoms with E-state index < -0.39 is 11.8 Å². The maximum Gasteiger partial charge on any atom is 0.349 e. The maximum atomic E-state index is 13.2. The molecular weight excluding hydrogens is 249 g/mol. The first-order chi connectivity index (χ1) is 9.15. The van der Waals surface area contributed by atoms with Crippen LogP contribution < -0.4 is 15.2 Å². The van der Waals surface area contributed by atoms with Crippen LogP contribution in [0, 0.1) is 5.82 Å². The molecule has 2 N–H and O–H groups in total. The number of esters is 1. The van der Waals surface area contributed by atoms with E-state index in [1.807, 2.05) is 0 Å². The number of para-hydroxylation sites is 1. The first-order valence-electron chi connectivity index (χ1n) is 5.59. The van der Waals surface area contributed by atoms with E-state index >= 15 is 0 Å². The first kappa shape index (κ1) is 12.9. The Kier molecular flexibility index (Phi) is 3.97. The number of carbonyl (C=O) groups is 1. The predicted octanol–water partition coefficient (Wildman–Crippen LogP) is 2.39. The smallest absolute Gasteiger partial charge is 0.349 e. The zero-order chi connectivity index (χ0) is 13.7. The van der Waals surface area contributed by atoms with E-state index in [1.54, 1.807) is 30.3 Å². The average molecular weight is 261 g/mol. The molecule has 2 aromatic rings. The lowest BCUT2D eigenvalue weighted by Gasteiger charge is -2.07. The molecule has 98 valence electrons. The molecule has 0 saturated carbocycles. The summed E-state index contributed by atoms with van der Waals surface area (Å²) in [4.78, 5) is 11.5. The van der Waals surface area contributed by atoms with Crippen LogP contribution in [0.25, 0.3) is 0 Å². The summed E-state index contributed by atoms with van der Waals surface area (Å²) >= 11 is 0. The van der Waals surface area contributed by atoms with Gasteiger partial charge in [0, 0.05) is 11.8 Å². The Morgan fingerprint density at radius 1 is 1.16 bits per heavy atom. The number of hydrogen-bond acceptors (Lipinski definition) is 4. The van der Waals surface area contributed by atoms with Crippen molar-refractivity contribution >= 4 is 11.7 Å². The molecule has 5 heteroatoms. The second kappa shape index (κ2) is 5.86. The van der Waals surface area contributed by atoms with Gasteiger partial charge in [0.2, 0.25) is 0 Å². The fraction of sp³-hybridized carbons (Fsp3) is 0.0714.